The van der Waals surface area contributed by atoms with Gasteiger partial charge >= 0.3 is 0 Å². The lowest BCUT2D eigenvalue weighted by atomic mass is 10.2. The van der Waals surface area contributed by atoms with Crippen LogP contribution in [-0.2, 0) is 17.8 Å². The third-order valence-corrected chi connectivity index (χ3v) is 4.25. The van der Waals surface area contributed by atoms with Gasteiger partial charge in [-0.1, -0.05) is 0 Å². The van der Waals surface area contributed by atoms with Crippen molar-refractivity contribution in [3.63, 3.8) is 0 Å². The van der Waals surface area contributed by atoms with Crippen molar-refractivity contribution in [2.75, 3.05) is 19.5 Å². The maximum absolute atomic E-state index is 10.5. The van der Waals surface area contributed by atoms with Crippen molar-refractivity contribution in [3.8, 4) is 11.5 Å². The molecule has 0 unspecified atom stereocenters. The van der Waals surface area contributed by atoms with E-state index in [1.807, 2.05) is 12.1 Å². The Bertz CT molecular complexity index is 675. The summed E-state index contributed by atoms with van der Waals surface area (Å²) in [7, 11) is 3.16. The van der Waals surface area contributed by atoms with Crippen LogP contribution in [0.4, 0.5) is 5.13 Å². The van der Waals surface area contributed by atoms with E-state index in [-0.39, 0.29) is 6.42 Å². The second-order valence-corrected chi connectivity index (χ2v) is 6.07. The van der Waals surface area contributed by atoms with E-state index in [4.69, 9.17) is 9.47 Å². The monoisotopic (exact) mass is 385 g/mol. The van der Waals surface area contributed by atoms with Crippen molar-refractivity contribution < 1.29 is 19.4 Å². The van der Waals surface area contributed by atoms with Crippen molar-refractivity contribution in [1.82, 2.24) is 4.98 Å². The van der Waals surface area contributed by atoms with Crippen LogP contribution in [0.2, 0.25) is 0 Å². The minimum absolute atomic E-state index is 0.180. The first-order valence-electron chi connectivity index (χ1n) is 6.32. The van der Waals surface area contributed by atoms with E-state index < -0.39 is 5.97 Å². The zero-order chi connectivity index (χ0) is 16.1. The number of carboxylic acids is 1. The Morgan fingerprint density at radius 1 is 1.41 bits per heavy atom. The second-order valence-electron chi connectivity index (χ2n) is 4.36. The number of hydrogen-bond donors (Lipinski definition) is 1. The molecule has 0 radical (unpaired) electrons. The summed E-state index contributed by atoms with van der Waals surface area (Å²) in [4.78, 5) is 14.7. The molecule has 0 bridgehead atoms. The molecule has 118 valence electrons. The van der Waals surface area contributed by atoms with Crippen LogP contribution < -0.4 is 19.9 Å². The van der Waals surface area contributed by atoms with Gasteiger partial charge in [0.1, 0.15) is 0 Å². The predicted octanol–water partition coefficient (Wildman–Crippen LogP) is 1.83. The van der Waals surface area contributed by atoms with Gasteiger partial charge in [0.25, 0.3) is 0 Å². The van der Waals surface area contributed by atoms with Crippen LogP contribution in [0.5, 0.6) is 11.5 Å². The number of thiazole rings is 1. The Kier molecular flexibility index (Phi) is 5.62. The number of rotatable bonds is 7. The lowest BCUT2D eigenvalue weighted by molar-refractivity contribution is -0.304. The minimum atomic E-state index is -1.14. The largest absolute Gasteiger partial charge is 0.550 e. The standard InChI is InChI=1S/C14H15BrN2O4S/c1-20-11-4-8(3-10(15)13(11)21-2)6-16-14-17-9(7-22-14)5-12(18)19/h3-4,7H,5-6H2,1-2H3,(H,16,17)(H,18,19)/p-1. The van der Waals surface area contributed by atoms with Gasteiger partial charge in [-0.2, -0.15) is 0 Å². The third kappa shape index (κ3) is 4.11. The molecule has 1 aromatic carbocycles. The Morgan fingerprint density at radius 2 is 2.18 bits per heavy atom. The Balaban J connectivity index is 2.06. The fourth-order valence-electron chi connectivity index (χ4n) is 1.87. The number of methoxy groups -OCH3 is 2. The van der Waals surface area contributed by atoms with Gasteiger partial charge in [-0.25, -0.2) is 4.98 Å². The van der Waals surface area contributed by atoms with Crippen molar-refractivity contribution in [2.24, 2.45) is 0 Å². The highest BCUT2D eigenvalue weighted by atomic mass is 79.9. The highest BCUT2D eigenvalue weighted by molar-refractivity contribution is 9.10. The van der Waals surface area contributed by atoms with E-state index in [0.29, 0.717) is 28.9 Å². The molecule has 1 heterocycles. The van der Waals surface area contributed by atoms with E-state index in [2.05, 4.69) is 26.2 Å². The average Bonchev–Trinajstić information content (AvgIpc) is 2.91. The predicted molar refractivity (Wildman–Crippen MR) is 85.4 cm³/mol. The molecular weight excluding hydrogens is 372 g/mol. The zero-order valence-electron chi connectivity index (χ0n) is 12.0. The molecule has 0 saturated heterocycles. The summed E-state index contributed by atoms with van der Waals surface area (Å²) >= 11 is 4.79. The van der Waals surface area contributed by atoms with Crippen LogP contribution in [0.25, 0.3) is 0 Å². The summed E-state index contributed by atoms with van der Waals surface area (Å²) in [6.45, 7) is 0.525. The van der Waals surface area contributed by atoms with Gasteiger partial charge in [0.15, 0.2) is 16.6 Å². The molecule has 2 aromatic rings. The van der Waals surface area contributed by atoms with Crippen LogP contribution in [0, 0.1) is 0 Å². The third-order valence-electron chi connectivity index (χ3n) is 2.81. The first-order chi connectivity index (χ1) is 10.5. The number of aliphatic carboxylic acids is 1. The smallest absolute Gasteiger partial charge is 0.183 e. The number of hydrogen-bond acceptors (Lipinski definition) is 7. The molecule has 6 nitrogen and oxygen atoms in total. The molecule has 0 amide bonds. The number of halogens is 1. The number of nitrogens with zero attached hydrogens (tertiary/aromatic N) is 1. The van der Waals surface area contributed by atoms with Crippen LogP contribution in [0.15, 0.2) is 22.0 Å². The Morgan fingerprint density at radius 3 is 2.82 bits per heavy atom. The van der Waals surface area contributed by atoms with Gasteiger partial charge in [0.05, 0.1) is 24.4 Å². The lowest BCUT2D eigenvalue weighted by Crippen LogP contribution is -2.24. The fraction of sp³-hybridized carbons (Fsp3) is 0.286. The van der Waals surface area contributed by atoms with Crippen molar-refractivity contribution >= 4 is 38.4 Å². The summed E-state index contributed by atoms with van der Waals surface area (Å²) in [6, 6.07) is 3.79. The van der Waals surface area contributed by atoms with Crippen molar-refractivity contribution in [3.05, 3.63) is 33.2 Å². The Labute approximate surface area is 140 Å². The van der Waals surface area contributed by atoms with Gasteiger partial charge in [0.2, 0.25) is 0 Å². The number of carboxylic acid groups (broad SMARTS) is 1. The molecular formula is C14H14BrN2O4S-. The summed E-state index contributed by atoms with van der Waals surface area (Å²) in [6.07, 6.45) is -0.180. The normalized spacial score (nSPS) is 10.3. The topological polar surface area (TPSA) is 83.5 Å². The quantitative estimate of drug-likeness (QED) is 0.782. The average molecular weight is 386 g/mol. The Hall–Kier alpha value is -1.80. The van der Waals surface area contributed by atoms with Gasteiger partial charge in [-0.05, 0) is 33.6 Å². The molecule has 0 aliphatic rings. The number of aromatic nitrogens is 1. The highest BCUT2D eigenvalue weighted by Crippen LogP contribution is 2.36. The molecule has 1 aromatic heterocycles. The van der Waals surface area contributed by atoms with E-state index >= 15 is 0 Å². The molecule has 1 N–H and O–H groups in total. The SMILES string of the molecule is COc1cc(CNc2nc(CC(=O)[O-])cs2)cc(Br)c1OC. The van der Waals surface area contributed by atoms with Crippen molar-refractivity contribution in [2.45, 2.75) is 13.0 Å². The van der Waals surface area contributed by atoms with E-state index in [9.17, 15) is 9.90 Å². The first kappa shape index (κ1) is 16.6. The van der Waals surface area contributed by atoms with Crippen LogP contribution in [0.3, 0.4) is 0 Å². The molecule has 2 rings (SSSR count). The van der Waals surface area contributed by atoms with Gasteiger partial charge in [-0.3, -0.25) is 0 Å². The van der Waals surface area contributed by atoms with E-state index in [0.717, 1.165) is 10.0 Å². The maximum Gasteiger partial charge on any atom is 0.183 e. The number of anilines is 1. The number of carbonyl (C=O) groups excluding carboxylic acids is 1. The maximum atomic E-state index is 10.5. The molecule has 22 heavy (non-hydrogen) atoms. The van der Waals surface area contributed by atoms with Gasteiger partial charge < -0.3 is 24.7 Å². The number of ether oxygens (including phenoxy) is 2. The number of carbonyl (C=O) groups is 1. The van der Waals surface area contributed by atoms with Crippen LogP contribution >= 0.6 is 27.3 Å². The molecule has 0 aliphatic heterocycles. The summed E-state index contributed by atoms with van der Waals surface area (Å²) in [5.74, 6) is 0.128. The first-order valence-corrected chi connectivity index (χ1v) is 7.99. The van der Waals surface area contributed by atoms with Crippen LogP contribution in [0.1, 0.15) is 11.3 Å². The molecule has 0 spiro atoms. The molecule has 0 atom stereocenters. The van der Waals surface area contributed by atoms with Crippen LogP contribution in [-0.4, -0.2) is 25.2 Å². The second kappa shape index (κ2) is 7.46. The van der Waals surface area contributed by atoms with Crippen molar-refractivity contribution in [1.29, 1.82) is 0 Å². The van der Waals surface area contributed by atoms with E-state index in [1.165, 1.54) is 11.3 Å². The minimum Gasteiger partial charge on any atom is -0.550 e. The lowest BCUT2D eigenvalue weighted by Gasteiger charge is -2.12. The summed E-state index contributed by atoms with van der Waals surface area (Å²) in [5.41, 5.74) is 1.46. The number of nitrogens with one attached hydrogen (secondary N) is 1. The summed E-state index contributed by atoms with van der Waals surface area (Å²) in [5, 5.41) is 16.0. The number of benzene rings is 1. The molecule has 0 fully saturated rings. The fourth-order valence-corrected chi connectivity index (χ4v) is 3.23. The molecule has 0 saturated carbocycles. The van der Waals surface area contributed by atoms with Gasteiger partial charge in [0, 0.05) is 24.3 Å². The molecule has 8 heteroatoms. The molecule has 0 aliphatic carbocycles. The zero-order valence-corrected chi connectivity index (χ0v) is 14.4. The van der Waals surface area contributed by atoms with E-state index in [1.54, 1.807) is 19.6 Å². The highest BCUT2D eigenvalue weighted by Gasteiger charge is 2.11. The van der Waals surface area contributed by atoms with Gasteiger partial charge in [-0.15, -0.1) is 11.3 Å². The summed E-state index contributed by atoms with van der Waals surface area (Å²) < 4.78 is 11.3.